The van der Waals surface area contributed by atoms with Gasteiger partial charge >= 0.3 is 0 Å². The summed E-state index contributed by atoms with van der Waals surface area (Å²) in [5.41, 5.74) is 0. The minimum absolute atomic E-state index is 0.347. The van der Waals surface area contributed by atoms with Crippen molar-refractivity contribution in [3.63, 3.8) is 0 Å². The fraction of sp³-hybridized carbons (Fsp3) is 0.800. The molecular weight excluding hydrogens is 104 g/mol. The van der Waals surface area contributed by atoms with E-state index in [1.54, 1.807) is 11.9 Å². The van der Waals surface area contributed by atoms with Crippen LogP contribution in [0.5, 0.6) is 0 Å². The quantitative estimate of drug-likeness (QED) is 0.348. The third-order valence-electron chi connectivity index (χ3n) is 1.33. The topological polar surface area (TPSA) is 36.3 Å². The summed E-state index contributed by atoms with van der Waals surface area (Å²) in [4.78, 5) is 1.61. The van der Waals surface area contributed by atoms with Crippen LogP contribution in [-0.2, 0) is 4.74 Å². The average molecular weight is 112 g/mol. The van der Waals surface area contributed by atoms with Gasteiger partial charge in [-0.15, -0.1) is 0 Å². The maximum atomic E-state index is 8.29. The van der Waals surface area contributed by atoms with Gasteiger partial charge in [-0.2, -0.15) is 5.26 Å². The third kappa shape index (κ3) is 0.749. The first-order chi connectivity index (χ1) is 3.84. The molecule has 0 bridgehead atoms. The number of nitriles is 1. The molecular formula is C5H8N2O. The van der Waals surface area contributed by atoms with Crippen molar-refractivity contribution in [2.45, 2.75) is 6.04 Å². The van der Waals surface area contributed by atoms with E-state index in [0.29, 0.717) is 19.3 Å². The molecule has 0 spiro atoms. The van der Waals surface area contributed by atoms with E-state index in [4.69, 9.17) is 10.00 Å². The van der Waals surface area contributed by atoms with Crippen LogP contribution in [0.25, 0.3) is 0 Å². The molecule has 0 aromatic rings. The fourth-order valence-electron chi connectivity index (χ4n) is 0.529. The minimum atomic E-state index is 0.347. The fourth-order valence-corrected chi connectivity index (χ4v) is 0.529. The molecule has 0 aromatic heterocycles. The van der Waals surface area contributed by atoms with Crippen LogP contribution in [0.3, 0.4) is 0 Å². The van der Waals surface area contributed by atoms with Crippen molar-refractivity contribution in [3.8, 4) is 6.19 Å². The van der Waals surface area contributed by atoms with Crippen molar-refractivity contribution in [1.29, 1.82) is 5.26 Å². The van der Waals surface area contributed by atoms with Gasteiger partial charge in [0.05, 0.1) is 19.3 Å². The molecule has 1 rings (SSSR count). The molecule has 1 heterocycles. The zero-order valence-electron chi connectivity index (χ0n) is 4.79. The lowest BCUT2D eigenvalue weighted by atomic mass is 10.2. The van der Waals surface area contributed by atoms with E-state index in [2.05, 4.69) is 0 Å². The van der Waals surface area contributed by atoms with E-state index < -0.39 is 0 Å². The summed E-state index contributed by atoms with van der Waals surface area (Å²) in [5.74, 6) is 0. The first-order valence-corrected chi connectivity index (χ1v) is 2.55. The van der Waals surface area contributed by atoms with Gasteiger partial charge in [0.1, 0.15) is 0 Å². The molecule has 1 saturated heterocycles. The van der Waals surface area contributed by atoms with Gasteiger partial charge in [0.2, 0.25) is 0 Å². The molecule has 0 unspecified atom stereocenters. The Morgan fingerprint density at radius 3 is 2.50 bits per heavy atom. The average Bonchev–Trinajstić information content (AvgIpc) is 1.62. The molecule has 3 nitrogen and oxygen atoms in total. The predicted molar refractivity (Wildman–Crippen MR) is 28.0 cm³/mol. The number of nitrogens with zero attached hydrogens (tertiary/aromatic N) is 2. The summed E-state index contributed by atoms with van der Waals surface area (Å²) in [6.45, 7) is 1.42. The van der Waals surface area contributed by atoms with Crippen molar-refractivity contribution < 1.29 is 4.74 Å². The highest BCUT2D eigenvalue weighted by Crippen LogP contribution is 2.05. The van der Waals surface area contributed by atoms with Crippen molar-refractivity contribution >= 4 is 0 Å². The minimum Gasteiger partial charge on any atom is -0.377 e. The molecule has 0 aromatic carbocycles. The Kier molecular flexibility index (Phi) is 1.36. The van der Waals surface area contributed by atoms with E-state index in [1.165, 1.54) is 0 Å². The van der Waals surface area contributed by atoms with Crippen LogP contribution in [0.1, 0.15) is 0 Å². The molecule has 44 valence electrons. The van der Waals surface area contributed by atoms with Crippen LogP contribution in [0.2, 0.25) is 0 Å². The summed E-state index contributed by atoms with van der Waals surface area (Å²) in [5, 5.41) is 8.29. The van der Waals surface area contributed by atoms with Crippen molar-refractivity contribution in [2.24, 2.45) is 0 Å². The molecule has 0 saturated carbocycles. The lowest BCUT2D eigenvalue weighted by Gasteiger charge is -2.30. The third-order valence-corrected chi connectivity index (χ3v) is 1.33. The van der Waals surface area contributed by atoms with Crippen molar-refractivity contribution in [2.75, 3.05) is 20.3 Å². The molecule has 0 atom stereocenters. The maximum absolute atomic E-state index is 8.29. The summed E-state index contributed by atoms with van der Waals surface area (Å²) < 4.78 is 4.87. The molecule has 1 aliphatic heterocycles. The lowest BCUT2D eigenvalue weighted by Crippen LogP contribution is -2.44. The highest BCUT2D eigenvalue weighted by Gasteiger charge is 2.21. The van der Waals surface area contributed by atoms with E-state index in [-0.39, 0.29) is 0 Å². The molecule has 0 amide bonds. The summed E-state index contributed by atoms with van der Waals surface area (Å²) in [6.07, 6.45) is 2.02. The van der Waals surface area contributed by atoms with Gasteiger partial charge in [0.15, 0.2) is 6.19 Å². The monoisotopic (exact) mass is 112 g/mol. The van der Waals surface area contributed by atoms with Gasteiger partial charge < -0.3 is 9.64 Å². The number of hydrogen-bond donors (Lipinski definition) is 0. The Bertz CT molecular complexity index is 114. The Labute approximate surface area is 48.5 Å². The Morgan fingerprint density at radius 1 is 1.75 bits per heavy atom. The molecule has 0 aliphatic carbocycles. The second kappa shape index (κ2) is 2.01. The van der Waals surface area contributed by atoms with Gasteiger partial charge in [0, 0.05) is 7.05 Å². The largest absolute Gasteiger partial charge is 0.377 e. The van der Waals surface area contributed by atoms with E-state index in [9.17, 15) is 0 Å². The highest BCUT2D eigenvalue weighted by molar-refractivity contribution is 4.82. The van der Waals surface area contributed by atoms with Gasteiger partial charge in [-0.25, -0.2) is 0 Å². The lowest BCUT2D eigenvalue weighted by molar-refractivity contribution is -0.0385. The standard InChI is InChI=1S/C5H8N2O/c1-7(4-6)5-2-8-3-5/h5H,2-3H2,1H3. The summed E-state index contributed by atoms with van der Waals surface area (Å²) >= 11 is 0. The highest BCUT2D eigenvalue weighted by atomic mass is 16.5. The normalized spacial score (nSPS) is 19.0. The van der Waals surface area contributed by atoms with E-state index >= 15 is 0 Å². The molecule has 0 N–H and O–H groups in total. The van der Waals surface area contributed by atoms with Gasteiger partial charge in [-0.1, -0.05) is 0 Å². The second-order valence-corrected chi connectivity index (χ2v) is 1.90. The van der Waals surface area contributed by atoms with Crippen LogP contribution in [0.4, 0.5) is 0 Å². The van der Waals surface area contributed by atoms with Gasteiger partial charge in [-0.3, -0.25) is 0 Å². The first kappa shape index (κ1) is 5.39. The maximum Gasteiger partial charge on any atom is 0.179 e. The zero-order chi connectivity index (χ0) is 5.98. The van der Waals surface area contributed by atoms with Crippen molar-refractivity contribution in [1.82, 2.24) is 4.90 Å². The Hall–Kier alpha value is -0.750. The first-order valence-electron chi connectivity index (χ1n) is 2.55. The van der Waals surface area contributed by atoms with Crippen LogP contribution >= 0.6 is 0 Å². The smallest absolute Gasteiger partial charge is 0.179 e. The second-order valence-electron chi connectivity index (χ2n) is 1.90. The van der Waals surface area contributed by atoms with Crippen LogP contribution < -0.4 is 0 Å². The number of ether oxygens (including phenoxy) is 1. The zero-order valence-corrected chi connectivity index (χ0v) is 4.79. The summed E-state index contributed by atoms with van der Waals surface area (Å²) in [7, 11) is 1.77. The Morgan fingerprint density at radius 2 is 2.38 bits per heavy atom. The van der Waals surface area contributed by atoms with Crippen molar-refractivity contribution in [3.05, 3.63) is 0 Å². The van der Waals surface area contributed by atoms with Crippen LogP contribution in [0.15, 0.2) is 0 Å². The molecule has 1 aliphatic rings. The summed E-state index contributed by atoms with van der Waals surface area (Å²) in [6, 6.07) is 0.347. The molecule has 0 radical (unpaired) electrons. The van der Waals surface area contributed by atoms with Crippen LogP contribution in [0, 0.1) is 11.5 Å². The number of likely N-dealkylation sites (N-methyl/N-ethyl adjacent to an activating group) is 1. The predicted octanol–water partition coefficient (Wildman–Crippen LogP) is -0.202. The molecule has 1 fully saturated rings. The Balaban J connectivity index is 2.26. The number of hydrogen-bond acceptors (Lipinski definition) is 3. The molecule has 8 heavy (non-hydrogen) atoms. The van der Waals surface area contributed by atoms with E-state index in [0.717, 1.165) is 0 Å². The number of rotatable bonds is 1. The SMILES string of the molecule is CN(C#N)C1COC1. The molecule has 3 heteroatoms. The van der Waals surface area contributed by atoms with Crippen LogP contribution in [-0.4, -0.2) is 31.2 Å². The van der Waals surface area contributed by atoms with E-state index in [1.807, 2.05) is 6.19 Å². The van der Waals surface area contributed by atoms with Gasteiger partial charge in [-0.05, 0) is 0 Å². The van der Waals surface area contributed by atoms with Gasteiger partial charge in [0.25, 0.3) is 0 Å².